The van der Waals surface area contributed by atoms with Crippen LogP contribution in [0.5, 0.6) is 5.88 Å². The molecule has 0 radical (unpaired) electrons. The van der Waals surface area contributed by atoms with Gasteiger partial charge in [0.15, 0.2) is 0 Å². The predicted molar refractivity (Wildman–Crippen MR) is 77.5 cm³/mol. The summed E-state index contributed by atoms with van der Waals surface area (Å²) in [5, 5.41) is 3.44. The van der Waals surface area contributed by atoms with Crippen LogP contribution in [0.2, 0.25) is 0 Å². The van der Waals surface area contributed by atoms with E-state index in [-0.39, 0.29) is 6.10 Å². The topological polar surface area (TPSA) is 43.4 Å². The average molecular weight is 266 g/mol. The second-order valence-corrected chi connectivity index (χ2v) is 4.69. The van der Waals surface area contributed by atoms with E-state index in [0.29, 0.717) is 25.1 Å². The van der Waals surface area contributed by atoms with Crippen molar-refractivity contribution in [1.29, 1.82) is 0 Å². The molecule has 1 aromatic rings. The fourth-order valence-corrected chi connectivity index (χ4v) is 1.72. The van der Waals surface area contributed by atoms with E-state index in [1.165, 1.54) is 5.56 Å². The first-order valence-corrected chi connectivity index (χ1v) is 7.11. The van der Waals surface area contributed by atoms with Gasteiger partial charge < -0.3 is 14.8 Å². The minimum absolute atomic E-state index is 0.0222. The Kier molecular flexibility index (Phi) is 7.45. The van der Waals surface area contributed by atoms with Crippen molar-refractivity contribution in [3.05, 3.63) is 23.9 Å². The van der Waals surface area contributed by atoms with Crippen molar-refractivity contribution in [3.63, 3.8) is 0 Å². The van der Waals surface area contributed by atoms with E-state index in [4.69, 9.17) is 9.47 Å². The lowest BCUT2D eigenvalue weighted by molar-refractivity contribution is 0.0633. The highest BCUT2D eigenvalue weighted by atomic mass is 16.5. The third kappa shape index (κ3) is 6.03. The van der Waals surface area contributed by atoms with Crippen molar-refractivity contribution in [3.8, 4) is 5.88 Å². The van der Waals surface area contributed by atoms with Gasteiger partial charge in [-0.15, -0.1) is 0 Å². The molecule has 1 rings (SSSR count). The molecule has 0 amide bonds. The van der Waals surface area contributed by atoms with Crippen LogP contribution in [0.25, 0.3) is 0 Å². The van der Waals surface area contributed by atoms with E-state index >= 15 is 0 Å². The van der Waals surface area contributed by atoms with Gasteiger partial charge in [0.1, 0.15) is 6.10 Å². The van der Waals surface area contributed by atoms with E-state index in [1.54, 1.807) is 0 Å². The molecule has 0 bridgehead atoms. The Morgan fingerprint density at radius 1 is 1.26 bits per heavy atom. The Balaban J connectivity index is 2.46. The van der Waals surface area contributed by atoms with Crippen LogP contribution in [0.3, 0.4) is 0 Å². The summed E-state index contributed by atoms with van der Waals surface area (Å²) in [5.74, 6) is 0.652. The molecule has 0 aliphatic rings. The first-order chi connectivity index (χ1) is 9.17. The number of nitrogens with zero attached hydrogens (tertiary/aromatic N) is 1. The summed E-state index contributed by atoms with van der Waals surface area (Å²) < 4.78 is 11.0. The molecule has 1 N–H and O–H groups in total. The van der Waals surface area contributed by atoms with E-state index in [9.17, 15) is 0 Å². The van der Waals surface area contributed by atoms with Gasteiger partial charge in [-0.05, 0) is 39.3 Å². The standard InChI is InChI=1S/C15H26N2O2/c1-5-9-16-13(4)14-7-8-15(17-10-14)19-12(3)11-18-6-2/h7-8,10,12-13,16H,5-6,9,11H2,1-4H3. The van der Waals surface area contributed by atoms with Crippen LogP contribution in [0.15, 0.2) is 18.3 Å². The SMILES string of the molecule is CCCNC(C)c1ccc(OC(C)COCC)nc1. The first-order valence-electron chi connectivity index (χ1n) is 7.11. The van der Waals surface area contributed by atoms with E-state index in [2.05, 4.69) is 30.2 Å². The summed E-state index contributed by atoms with van der Waals surface area (Å²) in [7, 11) is 0. The third-order valence-corrected chi connectivity index (χ3v) is 2.84. The second kappa shape index (κ2) is 8.88. The maximum absolute atomic E-state index is 5.68. The summed E-state index contributed by atoms with van der Waals surface area (Å²) in [6.07, 6.45) is 3.03. The minimum atomic E-state index is 0.0222. The highest BCUT2D eigenvalue weighted by Crippen LogP contribution is 2.15. The normalized spacial score (nSPS) is 14.1. The van der Waals surface area contributed by atoms with Gasteiger partial charge in [-0.2, -0.15) is 0 Å². The molecule has 0 fully saturated rings. The quantitative estimate of drug-likeness (QED) is 0.746. The van der Waals surface area contributed by atoms with Crippen LogP contribution in [-0.4, -0.2) is 30.8 Å². The van der Waals surface area contributed by atoms with Gasteiger partial charge in [-0.25, -0.2) is 4.98 Å². The fraction of sp³-hybridized carbons (Fsp3) is 0.667. The zero-order chi connectivity index (χ0) is 14.1. The Hall–Kier alpha value is -1.13. The number of pyridine rings is 1. The zero-order valence-electron chi connectivity index (χ0n) is 12.5. The number of rotatable bonds is 9. The maximum atomic E-state index is 5.68. The molecule has 4 heteroatoms. The van der Waals surface area contributed by atoms with E-state index in [0.717, 1.165) is 13.0 Å². The van der Waals surface area contributed by atoms with Crippen molar-refractivity contribution in [1.82, 2.24) is 10.3 Å². The van der Waals surface area contributed by atoms with E-state index in [1.807, 2.05) is 26.1 Å². The van der Waals surface area contributed by atoms with Gasteiger partial charge in [0.25, 0.3) is 0 Å². The van der Waals surface area contributed by atoms with Gasteiger partial charge >= 0.3 is 0 Å². The molecule has 108 valence electrons. The average Bonchev–Trinajstić information content (AvgIpc) is 2.43. The van der Waals surface area contributed by atoms with Crippen LogP contribution in [-0.2, 0) is 4.74 Å². The number of aromatic nitrogens is 1. The largest absolute Gasteiger partial charge is 0.472 e. The van der Waals surface area contributed by atoms with Gasteiger partial charge in [-0.1, -0.05) is 13.0 Å². The number of hydrogen-bond acceptors (Lipinski definition) is 4. The summed E-state index contributed by atoms with van der Waals surface area (Å²) in [5.41, 5.74) is 1.18. The molecule has 0 spiro atoms. The molecule has 0 saturated heterocycles. The lowest BCUT2D eigenvalue weighted by Gasteiger charge is -2.16. The third-order valence-electron chi connectivity index (χ3n) is 2.84. The summed E-state index contributed by atoms with van der Waals surface area (Å²) in [6.45, 7) is 10.6. The number of ether oxygens (including phenoxy) is 2. The van der Waals surface area contributed by atoms with Crippen molar-refractivity contribution < 1.29 is 9.47 Å². The molecule has 19 heavy (non-hydrogen) atoms. The van der Waals surface area contributed by atoms with Crippen LogP contribution in [0.4, 0.5) is 0 Å². The Morgan fingerprint density at radius 2 is 2.05 bits per heavy atom. The molecule has 0 aliphatic carbocycles. The monoisotopic (exact) mass is 266 g/mol. The molecular formula is C15H26N2O2. The molecule has 4 nitrogen and oxygen atoms in total. The first kappa shape index (κ1) is 15.9. The Bertz CT molecular complexity index is 341. The van der Waals surface area contributed by atoms with Crippen LogP contribution in [0.1, 0.15) is 45.7 Å². The zero-order valence-corrected chi connectivity index (χ0v) is 12.5. The predicted octanol–water partition coefficient (Wildman–Crippen LogP) is 2.95. The maximum Gasteiger partial charge on any atom is 0.213 e. The summed E-state index contributed by atoms with van der Waals surface area (Å²) >= 11 is 0. The molecule has 2 atom stereocenters. The lowest BCUT2D eigenvalue weighted by atomic mass is 10.1. The van der Waals surface area contributed by atoms with Crippen molar-refractivity contribution in [2.24, 2.45) is 0 Å². The smallest absolute Gasteiger partial charge is 0.213 e. The molecule has 0 aromatic carbocycles. The second-order valence-electron chi connectivity index (χ2n) is 4.69. The van der Waals surface area contributed by atoms with Crippen LogP contribution >= 0.6 is 0 Å². The van der Waals surface area contributed by atoms with Gasteiger partial charge in [0.05, 0.1) is 6.61 Å². The summed E-state index contributed by atoms with van der Waals surface area (Å²) in [6, 6.07) is 4.30. The minimum Gasteiger partial charge on any atom is -0.472 e. The fourth-order valence-electron chi connectivity index (χ4n) is 1.72. The molecule has 1 aromatic heterocycles. The van der Waals surface area contributed by atoms with Gasteiger partial charge in [0.2, 0.25) is 5.88 Å². The Labute approximate surface area is 116 Å². The number of hydrogen-bond donors (Lipinski definition) is 1. The molecule has 0 saturated carbocycles. The molecule has 1 heterocycles. The number of nitrogens with one attached hydrogen (secondary N) is 1. The molecule has 2 unspecified atom stereocenters. The van der Waals surface area contributed by atoms with Gasteiger partial charge in [-0.3, -0.25) is 0 Å². The molecule has 0 aliphatic heterocycles. The van der Waals surface area contributed by atoms with Crippen molar-refractivity contribution in [2.75, 3.05) is 19.8 Å². The lowest BCUT2D eigenvalue weighted by Crippen LogP contribution is -2.20. The molecular weight excluding hydrogens is 240 g/mol. The van der Waals surface area contributed by atoms with Crippen molar-refractivity contribution in [2.45, 2.75) is 46.3 Å². The Morgan fingerprint density at radius 3 is 2.63 bits per heavy atom. The van der Waals surface area contributed by atoms with Crippen LogP contribution < -0.4 is 10.1 Å². The summed E-state index contributed by atoms with van der Waals surface area (Å²) in [4.78, 5) is 4.34. The van der Waals surface area contributed by atoms with Crippen LogP contribution in [0, 0.1) is 0 Å². The van der Waals surface area contributed by atoms with Gasteiger partial charge in [0, 0.05) is 24.9 Å². The van der Waals surface area contributed by atoms with Crippen molar-refractivity contribution >= 4 is 0 Å². The highest BCUT2D eigenvalue weighted by Gasteiger charge is 2.07. The van der Waals surface area contributed by atoms with E-state index < -0.39 is 0 Å². The highest BCUT2D eigenvalue weighted by molar-refractivity contribution is 5.20.